The number of benzene rings is 2. The van der Waals surface area contributed by atoms with Gasteiger partial charge in [0.15, 0.2) is 0 Å². The Morgan fingerprint density at radius 2 is 1.68 bits per heavy atom. The molecule has 0 aliphatic rings. The molecule has 0 aliphatic carbocycles. The number of halogens is 3. The van der Waals surface area contributed by atoms with Gasteiger partial charge in [-0.15, -0.1) is 11.8 Å². The number of nitrogens with one attached hydrogen (secondary N) is 1. The number of amides is 1. The molecule has 0 saturated heterocycles. The van der Waals surface area contributed by atoms with Crippen LogP contribution >= 0.6 is 11.8 Å². The van der Waals surface area contributed by atoms with Gasteiger partial charge in [-0.05, 0) is 43.3 Å². The highest BCUT2D eigenvalue weighted by atomic mass is 32.2. The smallest absolute Gasteiger partial charge is 0.325 e. The van der Waals surface area contributed by atoms with Crippen molar-refractivity contribution in [3.05, 3.63) is 64.2 Å². The predicted octanol–water partition coefficient (Wildman–Crippen LogP) is 4.73. The zero-order chi connectivity index (χ0) is 18.6. The van der Waals surface area contributed by atoms with Crippen molar-refractivity contribution in [2.24, 2.45) is 0 Å². The molecule has 5 nitrogen and oxygen atoms in total. The summed E-state index contributed by atoms with van der Waals surface area (Å²) in [7, 11) is 0. The number of nitrogens with zero attached hydrogens (tertiary/aromatic N) is 1. The van der Waals surface area contributed by atoms with Gasteiger partial charge < -0.3 is 5.32 Å². The Labute approximate surface area is 145 Å². The number of rotatable bonds is 5. The number of hydrogen-bond donors (Lipinski definition) is 1. The first-order valence-electron chi connectivity index (χ1n) is 7.06. The highest BCUT2D eigenvalue weighted by molar-refractivity contribution is 8.00. The van der Waals surface area contributed by atoms with Gasteiger partial charge in [0, 0.05) is 22.7 Å². The van der Waals surface area contributed by atoms with E-state index in [0.717, 1.165) is 12.1 Å². The highest BCUT2D eigenvalue weighted by Crippen LogP contribution is 2.30. The fourth-order valence-corrected chi connectivity index (χ4v) is 2.76. The third-order valence-corrected chi connectivity index (χ3v) is 4.32. The van der Waals surface area contributed by atoms with Crippen molar-refractivity contribution in [1.29, 1.82) is 0 Å². The molecule has 1 amide bonds. The van der Waals surface area contributed by atoms with Crippen LogP contribution in [-0.2, 0) is 11.0 Å². The molecule has 2 rings (SSSR count). The zero-order valence-corrected chi connectivity index (χ0v) is 13.7. The third-order valence-electron chi connectivity index (χ3n) is 3.21. The Hall–Kier alpha value is -2.55. The van der Waals surface area contributed by atoms with Crippen molar-refractivity contribution < 1.29 is 22.9 Å². The SMILES string of the molecule is CC(Sc1ccc([N+](=O)[O-])cc1)C(=O)Nc1ccc(C(F)(F)F)cc1. The summed E-state index contributed by atoms with van der Waals surface area (Å²) in [5.41, 5.74) is -0.584. The average Bonchev–Trinajstić information content (AvgIpc) is 2.55. The van der Waals surface area contributed by atoms with Crippen LogP contribution in [0.4, 0.5) is 24.5 Å². The summed E-state index contributed by atoms with van der Waals surface area (Å²) in [4.78, 5) is 22.9. The van der Waals surface area contributed by atoms with Gasteiger partial charge in [-0.2, -0.15) is 13.2 Å². The van der Waals surface area contributed by atoms with Crippen LogP contribution in [-0.4, -0.2) is 16.1 Å². The first-order valence-corrected chi connectivity index (χ1v) is 7.94. The van der Waals surface area contributed by atoms with Crippen LogP contribution in [0.15, 0.2) is 53.4 Å². The number of carbonyl (C=O) groups is 1. The Kier molecular flexibility index (Phi) is 5.68. The summed E-state index contributed by atoms with van der Waals surface area (Å²) in [6.45, 7) is 1.63. The minimum absolute atomic E-state index is 0.0498. The van der Waals surface area contributed by atoms with Gasteiger partial charge in [-0.3, -0.25) is 14.9 Å². The van der Waals surface area contributed by atoms with E-state index in [-0.39, 0.29) is 17.3 Å². The number of thioether (sulfide) groups is 1. The third kappa shape index (κ3) is 5.21. The molecule has 2 aromatic rings. The average molecular weight is 370 g/mol. The van der Waals surface area contributed by atoms with E-state index in [1.54, 1.807) is 6.92 Å². The maximum absolute atomic E-state index is 12.5. The van der Waals surface area contributed by atoms with Crippen LogP contribution in [0, 0.1) is 10.1 Å². The molecule has 9 heteroatoms. The summed E-state index contributed by atoms with van der Waals surface area (Å²) in [6.07, 6.45) is -4.43. The maximum Gasteiger partial charge on any atom is 0.416 e. The number of nitro benzene ring substituents is 1. The molecule has 2 aromatic carbocycles. The molecule has 25 heavy (non-hydrogen) atoms. The van der Waals surface area contributed by atoms with Gasteiger partial charge in [0.25, 0.3) is 5.69 Å². The molecule has 0 heterocycles. The molecule has 0 aromatic heterocycles. The van der Waals surface area contributed by atoms with Gasteiger partial charge >= 0.3 is 6.18 Å². The highest BCUT2D eigenvalue weighted by Gasteiger charge is 2.30. The standard InChI is InChI=1S/C16H13F3N2O3S/c1-10(25-14-8-6-13(7-9-14)21(23)24)15(22)20-12-4-2-11(3-5-12)16(17,18)19/h2-10H,1H3,(H,20,22). The van der Waals surface area contributed by atoms with Crippen LogP contribution in [0.1, 0.15) is 12.5 Å². The van der Waals surface area contributed by atoms with E-state index >= 15 is 0 Å². The lowest BCUT2D eigenvalue weighted by Crippen LogP contribution is -2.22. The quantitative estimate of drug-likeness (QED) is 0.469. The van der Waals surface area contributed by atoms with Gasteiger partial charge in [0.2, 0.25) is 5.91 Å². The minimum Gasteiger partial charge on any atom is -0.325 e. The van der Waals surface area contributed by atoms with Crippen LogP contribution in [0.5, 0.6) is 0 Å². The largest absolute Gasteiger partial charge is 0.416 e. The molecular formula is C16H13F3N2O3S. The molecule has 1 atom stereocenters. The number of alkyl halides is 3. The molecule has 0 fully saturated rings. The first kappa shape index (κ1) is 18.8. The van der Waals surface area contributed by atoms with Crippen LogP contribution in [0.3, 0.4) is 0 Å². The van der Waals surface area contributed by atoms with E-state index in [9.17, 15) is 28.1 Å². The molecule has 0 aliphatic heterocycles. The minimum atomic E-state index is -4.43. The Balaban J connectivity index is 1.97. The summed E-state index contributed by atoms with van der Waals surface area (Å²) < 4.78 is 37.5. The van der Waals surface area contributed by atoms with Crippen molar-refractivity contribution in [3.8, 4) is 0 Å². The number of nitro groups is 1. The van der Waals surface area contributed by atoms with Gasteiger partial charge in [0.05, 0.1) is 15.7 Å². The van der Waals surface area contributed by atoms with Gasteiger partial charge in [-0.1, -0.05) is 0 Å². The summed E-state index contributed by atoms with van der Waals surface area (Å²) in [6, 6.07) is 9.89. The zero-order valence-electron chi connectivity index (χ0n) is 12.9. The Morgan fingerprint density at radius 3 is 2.16 bits per heavy atom. The fraction of sp³-hybridized carbons (Fsp3) is 0.188. The van der Waals surface area contributed by atoms with E-state index in [1.165, 1.54) is 48.2 Å². The van der Waals surface area contributed by atoms with Crippen LogP contribution in [0.25, 0.3) is 0 Å². The second-order valence-corrected chi connectivity index (χ2v) is 6.49. The topological polar surface area (TPSA) is 72.2 Å². The summed E-state index contributed by atoms with van der Waals surface area (Å²) in [5, 5.41) is 12.6. The molecule has 1 unspecified atom stereocenters. The lowest BCUT2D eigenvalue weighted by molar-refractivity contribution is -0.384. The second-order valence-electron chi connectivity index (χ2n) is 5.08. The van der Waals surface area contributed by atoms with Crippen molar-refractivity contribution in [1.82, 2.24) is 0 Å². The monoisotopic (exact) mass is 370 g/mol. The number of hydrogen-bond acceptors (Lipinski definition) is 4. The lowest BCUT2D eigenvalue weighted by Gasteiger charge is -2.13. The van der Waals surface area contributed by atoms with E-state index in [2.05, 4.69) is 5.32 Å². The van der Waals surface area contributed by atoms with Crippen molar-refractivity contribution in [2.75, 3.05) is 5.32 Å². The molecule has 0 spiro atoms. The van der Waals surface area contributed by atoms with Gasteiger partial charge in [0.1, 0.15) is 0 Å². The Bertz CT molecular complexity index is 762. The normalized spacial score (nSPS) is 12.5. The van der Waals surface area contributed by atoms with E-state index < -0.39 is 21.9 Å². The van der Waals surface area contributed by atoms with Crippen LogP contribution < -0.4 is 5.32 Å². The number of anilines is 1. The van der Waals surface area contributed by atoms with Crippen molar-refractivity contribution in [2.45, 2.75) is 23.2 Å². The van der Waals surface area contributed by atoms with E-state index in [1.807, 2.05) is 0 Å². The van der Waals surface area contributed by atoms with Crippen molar-refractivity contribution in [3.63, 3.8) is 0 Å². The summed E-state index contributed by atoms with van der Waals surface area (Å²) >= 11 is 1.18. The van der Waals surface area contributed by atoms with E-state index in [0.29, 0.717) is 4.90 Å². The van der Waals surface area contributed by atoms with Crippen LogP contribution in [0.2, 0.25) is 0 Å². The molecule has 0 bridgehead atoms. The summed E-state index contributed by atoms with van der Waals surface area (Å²) in [5.74, 6) is -0.386. The molecule has 132 valence electrons. The fourth-order valence-electron chi connectivity index (χ4n) is 1.89. The molecule has 1 N–H and O–H groups in total. The molecule has 0 radical (unpaired) electrons. The molecule has 0 saturated carbocycles. The molecular weight excluding hydrogens is 357 g/mol. The number of non-ortho nitro benzene ring substituents is 1. The first-order chi connectivity index (χ1) is 11.7. The maximum atomic E-state index is 12.5. The lowest BCUT2D eigenvalue weighted by atomic mass is 10.2. The Morgan fingerprint density at radius 1 is 1.12 bits per heavy atom. The van der Waals surface area contributed by atoms with Gasteiger partial charge in [-0.25, -0.2) is 0 Å². The van der Waals surface area contributed by atoms with E-state index in [4.69, 9.17) is 0 Å². The predicted molar refractivity (Wildman–Crippen MR) is 88.5 cm³/mol. The number of carbonyl (C=O) groups excluding carboxylic acids is 1. The second kappa shape index (κ2) is 7.56. The van der Waals surface area contributed by atoms with Crippen molar-refractivity contribution >= 4 is 29.0 Å².